The monoisotopic (exact) mass is 402 g/mol. The molecule has 0 aliphatic carbocycles. The average molecular weight is 404 g/mol. The molecule has 0 radical (unpaired) electrons. The molecule has 0 heterocycles. The molecule has 0 unspecified atom stereocenters. The van der Waals surface area contributed by atoms with Crippen LogP contribution in [0.5, 0.6) is 11.5 Å². The molecule has 0 atom stereocenters. The number of rotatable bonds is 3. The van der Waals surface area contributed by atoms with Gasteiger partial charge in [0.1, 0.15) is 5.75 Å². The number of benzene rings is 2. The van der Waals surface area contributed by atoms with Crippen LogP contribution in [0, 0.1) is 12.7 Å². The van der Waals surface area contributed by atoms with E-state index in [2.05, 4.69) is 31.9 Å². The van der Waals surface area contributed by atoms with Gasteiger partial charge in [-0.2, -0.15) is 0 Å². The molecule has 0 spiro atoms. The number of carbonyl (C=O) groups is 1. The first-order valence-electron chi connectivity index (χ1n) is 5.55. The zero-order valence-electron chi connectivity index (χ0n) is 10.3. The van der Waals surface area contributed by atoms with Gasteiger partial charge in [-0.15, -0.1) is 0 Å². The number of halogens is 3. The van der Waals surface area contributed by atoms with E-state index in [0.717, 1.165) is 5.56 Å². The summed E-state index contributed by atoms with van der Waals surface area (Å²) in [6.07, 6.45) is 0. The smallest absolute Gasteiger partial charge is 0.336 e. The Bertz CT molecular complexity index is 686. The highest BCUT2D eigenvalue weighted by molar-refractivity contribution is 9.10. The summed E-state index contributed by atoms with van der Waals surface area (Å²) in [5, 5.41) is 8.90. The summed E-state index contributed by atoms with van der Waals surface area (Å²) >= 11 is 6.26. The molecule has 3 nitrogen and oxygen atoms in total. The Morgan fingerprint density at radius 2 is 1.85 bits per heavy atom. The van der Waals surface area contributed by atoms with Gasteiger partial charge in [-0.3, -0.25) is 0 Å². The maximum atomic E-state index is 14.1. The summed E-state index contributed by atoms with van der Waals surface area (Å²) in [4.78, 5) is 10.9. The minimum atomic E-state index is -1.21. The van der Waals surface area contributed by atoms with E-state index in [1.807, 2.05) is 19.1 Å². The van der Waals surface area contributed by atoms with Crippen molar-refractivity contribution in [2.75, 3.05) is 0 Å². The number of ether oxygens (including phenoxy) is 1. The number of hydrogen-bond donors (Lipinski definition) is 1. The third kappa shape index (κ3) is 3.02. The first kappa shape index (κ1) is 15.0. The standard InChI is InChI=1S/C14H9Br2FO3/c1-7-2-4-10(9(15)6-7)20-11-5-3-8(14(18)19)12(16)13(11)17/h2-6H,1H3,(H,18,19). The van der Waals surface area contributed by atoms with Crippen molar-refractivity contribution >= 4 is 37.8 Å². The molecule has 2 aromatic carbocycles. The van der Waals surface area contributed by atoms with Crippen LogP contribution in [0.25, 0.3) is 0 Å². The maximum Gasteiger partial charge on any atom is 0.336 e. The molecule has 6 heteroatoms. The number of carboxylic acid groups (broad SMARTS) is 1. The molecule has 0 saturated carbocycles. The lowest BCUT2D eigenvalue weighted by Gasteiger charge is -2.11. The highest BCUT2D eigenvalue weighted by atomic mass is 79.9. The molecule has 0 bridgehead atoms. The second kappa shape index (κ2) is 5.93. The zero-order valence-corrected chi connectivity index (χ0v) is 13.5. The van der Waals surface area contributed by atoms with Gasteiger partial charge in [0.2, 0.25) is 0 Å². The average Bonchev–Trinajstić information content (AvgIpc) is 2.37. The lowest BCUT2D eigenvalue weighted by molar-refractivity contribution is 0.0695. The zero-order chi connectivity index (χ0) is 14.9. The van der Waals surface area contributed by atoms with Crippen molar-refractivity contribution in [1.82, 2.24) is 0 Å². The van der Waals surface area contributed by atoms with Gasteiger partial charge in [-0.1, -0.05) is 6.07 Å². The van der Waals surface area contributed by atoms with Gasteiger partial charge < -0.3 is 9.84 Å². The van der Waals surface area contributed by atoms with E-state index >= 15 is 0 Å². The molecule has 0 amide bonds. The van der Waals surface area contributed by atoms with Crippen LogP contribution >= 0.6 is 31.9 Å². The van der Waals surface area contributed by atoms with Gasteiger partial charge in [0.25, 0.3) is 0 Å². The molecule has 0 aliphatic heterocycles. The maximum absolute atomic E-state index is 14.1. The third-order valence-electron chi connectivity index (χ3n) is 2.58. The van der Waals surface area contributed by atoms with E-state index in [9.17, 15) is 9.18 Å². The minimum Gasteiger partial charge on any atom is -0.478 e. The molecule has 20 heavy (non-hydrogen) atoms. The molecule has 0 fully saturated rings. The van der Waals surface area contributed by atoms with Crippen LogP contribution in [0.3, 0.4) is 0 Å². The quantitative estimate of drug-likeness (QED) is 0.770. The summed E-state index contributed by atoms with van der Waals surface area (Å²) in [5.74, 6) is -1.56. The van der Waals surface area contributed by atoms with Crippen molar-refractivity contribution in [3.05, 3.63) is 56.2 Å². The largest absolute Gasteiger partial charge is 0.478 e. The third-order valence-corrected chi connectivity index (χ3v) is 3.98. The molecular weight excluding hydrogens is 395 g/mol. The topological polar surface area (TPSA) is 46.5 Å². The highest BCUT2D eigenvalue weighted by Gasteiger charge is 2.17. The van der Waals surface area contributed by atoms with Crippen LogP contribution < -0.4 is 4.74 Å². The van der Waals surface area contributed by atoms with Gasteiger partial charge in [-0.25, -0.2) is 9.18 Å². The van der Waals surface area contributed by atoms with Crippen molar-refractivity contribution < 1.29 is 19.0 Å². The Morgan fingerprint density at radius 1 is 1.20 bits per heavy atom. The van der Waals surface area contributed by atoms with Gasteiger partial charge in [0.05, 0.1) is 14.5 Å². The fourth-order valence-corrected chi connectivity index (χ4v) is 2.65. The first-order chi connectivity index (χ1) is 9.40. The van der Waals surface area contributed by atoms with Crippen LogP contribution in [0.2, 0.25) is 0 Å². The SMILES string of the molecule is Cc1ccc(Oc2ccc(C(=O)O)c(Br)c2F)c(Br)c1. The highest BCUT2D eigenvalue weighted by Crippen LogP contribution is 2.35. The number of hydrogen-bond acceptors (Lipinski definition) is 2. The van der Waals surface area contributed by atoms with E-state index in [-0.39, 0.29) is 15.8 Å². The van der Waals surface area contributed by atoms with Crippen LogP contribution in [-0.2, 0) is 0 Å². The summed E-state index contributed by atoms with van der Waals surface area (Å²) < 4.78 is 20.1. The summed E-state index contributed by atoms with van der Waals surface area (Å²) in [5.41, 5.74) is 0.880. The summed E-state index contributed by atoms with van der Waals surface area (Å²) in [6.45, 7) is 1.92. The van der Waals surface area contributed by atoms with Crippen LogP contribution in [0.15, 0.2) is 39.3 Å². The molecule has 0 aliphatic rings. The van der Waals surface area contributed by atoms with E-state index in [4.69, 9.17) is 9.84 Å². The summed E-state index contributed by atoms with van der Waals surface area (Å²) in [7, 11) is 0. The Balaban J connectivity index is 2.39. The Hall–Kier alpha value is -1.40. The lowest BCUT2D eigenvalue weighted by Crippen LogP contribution is -2.00. The van der Waals surface area contributed by atoms with Crippen LogP contribution in [0.4, 0.5) is 4.39 Å². The van der Waals surface area contributed by atoms with Crippen molar-refractivity contribution in [3.8, 4) is 11.5 Å². The van der Waals surface area contributed by atoms with Gasteiger partial charge in [0.15, 0.2) is 11.6 Å². The second-order valence-corrected chi connectivity index (χ2v) is 5.73. The first-order valence-corrected chi connectivity index (χ1v) is 7.14. The minimum absolute atomic E-state index is 0.0496. The molecule has 2 aromatic rings. The van der Waals surface area contributed by atoms with Gasteiger partial charge in [0, 0.05) is 0 Å². The molecule has 0 saturated heterocycles. The Kier molecular flexibility index (Phi) is 4.45. The van der Waals surface area contributed by atoms with Crippen LogP contribution in [-0.4, -0.2) is 11.1 Å². The molecule has 2 rings (SSSR count). The Labute approximate surface area is 131 Å². The number of aromatic carboxylic acids is 1. The molecule has 104 valence electrons. The van der Waals surface area contributed by atoms with Crippen molar-refractivity contribution in [3.63, 3.8) is 0 Å². The van der Waals surface area contributed by atoms with E-state index in [0.29, 0.717) is 10.2 Å². The Morgan fingerprint density at radius 3 is 2.45 bits per heavy atom. The van der Waals surface area contributed by atoms with E-state index < -0.39 is 11.8 Å². The van der Waals surface area contributed by atoms with E-state index in [1.54, 1.807) is 6.07 Å². The molecular formula is C14H9Br2FO3. The summed E-state index contributed by atoms with van der Waals surface area (Å²) in [6, 6.07) is 7.95. The predicted octanol–water partition coefficient (Wildman–Crippen LogP) is 5.15. The molecule has 1 N–H and O–H groups in total. The molecule has 0 aromatic heterocycles. The van der Waals surface area contributed by atoms with Gasteiger partial charge >= 0.3 is 5.97 Å². The van der Waals surface area contributed by atoms with Crippen molar-refractivity contribution in [2.45, 2.75) is 6.92 Å². The lowest BCUT2D eigenvalue weighted by atomic mass is 10.2. The second-order valence-electron chi connectivity index (χ2n) is 4.08. The predicted molar refractivity (Wildman–Crippen MR) is 80.0 cm³/mol. The fourth-order valence-electron chi connectivity index (χ4n) is 1.58. The van der Waals surface area contributed by atoms with Gasteiger partial charge in [-0.05, 0) is 68.6 Å². The number of aryl methyl sites for hydroxylation is 1. The normalized spacial score (nSPS) is 10.4. The van der Waals surface area contributed by atoms with E-state index in [1.165, 1.54) is 12.1 Å². The van der Waals surface area contributed by atoms with Crippen LogP contribution in [0.1, 0.15) is 15.9 Å². The van der Waals surface area contributed by atoms with Crippen molar-refractivity contribution in [2.24, 2.45) is 0 Å². The van der Waals surface area contributed by atoms with Crippen molar-refractivity contribution in [1.29, 1.82) is 0 Å². The fraction of sp³-hybridized carbons (Fsp3) is 0.0714. The number of carboxylic acids is 1.